The lowest BCUT2D eigenvalue weighted by atomic mass is 10.1. The van der Waals surface area contributed by atoms with Gasteiger partial charge in [-0.3, -0.25) is 14.5 Å². The molecule has 1 aliphatic heterocycles. The van der Waals surface area contributed by atoms with Crippen LogP contribution in [-0.2, 0) is 6.42 Å². The van der Waals surface area contributed by atoms with Crippen molar-refractivity contribution < 1.29 is 14.3 Å². The van der Waals surface area contributed by atoms with Crippen LogP contribution in [0.25, 0.3) is 0 Å². The Labute approximate surface area is 135 Å². The third-order valence-electron chi connectivity index (χ3n) is 3.98. The number of carbonyl (C=O) groups excluding carboxylic acids is 2. The highest BCUT2D eigenvalue weighted by atomic mass is 16.5. The highest BCUT2D eigenvalue weighted by Crippen LogP contribution is 2.22. The van der Waals surface area contributed by atoms with E-state index in [0.717, 1.165) is 12.2 Å². The van der Waals surface area contributed by atoms with E-state index < -0.39 is 0 Å². The second-order valence-corrected chi connectivity index (χ2v) is 5.51. The standard InChI is InChI=1S/C19H19NO3/c1-2-14-7-5-8-15(13-14)23-12-6-11-20-18(21)16-9-3-4-10-17(16)19(20)22/h3-5,7-10,13H,2,6,11-12H2,1H3. The summed E-state index contributed by atoms with van der Waals surface area (Å²) in [4.78, 5) is 25.7. The van der Waals surface area contributed by atoms with Gasteiger partial charge in [0.05, 0.1) is 17.7 Å². The Kier molecular flexibility index (Phi) is 4.42. The van der Waals surface area contributed by atoms with Crippen molar-refractivity contribution in [2.75, 3.05) is 13.2 Å². The number of benzene rings is 2. The van der Waals surface area contributed by atoms with Gasteiger partial charge < -0.3 is 4.74 Å². The summed E-state index contributed by atoms with van der Waals surface area (Å²) in [5.41, 5.74) is 2.21. The first-order chi connectivity index (χ1) is 11.2. The molecule has 0 radical (unpaired) electrons. The van der Waals surface area contributed by atoms with Crippen LogP contribution in [0.5, 0.6) is 5.75 Å². The molecule has 0 fully saturated rings. The van der Waals surface area contributed by atoms with Crippen molar-refractivity contribution in [1.29, 1.82) is 0 Å². The molecule has 0 atom stereocenters. The molecular formula is C19H19NO3. The first-order valence-electron chi connectivity index (χ1n) is 7.87. The molecule has 23 heavy (non-hydrogen) atoms. The zero-order valence-corrected chi connectivity index (χ0v) is 13.1. The number of fused-ring (bicyclic) bond motifs is 1. The maximum atomic E-state index is 12.2. The summed E-state index contributed by atoms with van der Waals surface area (Å²) in [5, 5.41) is 0. The number of rotatable bonds is 6. The predicted octanol–water partition coefficient (Wildman–Crippen LogP) is 3.31. The zero-order valence-electron chi connectivity index (χ0n) is 13.1. The fourth-order valence-corrected chi connectivity index (χ4v) is 2.71. The number of amides is 2. The Balaban J connectivity index is 1.54. The SMILES string of the molecule is CCc1cccc(OCCCN2C(=O)c3ccccc3C2=O)c1. The van der Waals surface area contributed by atoms with E-state index in [1.54, 1.807) is 24.3 Å². The van der Waals surface area contributed by atoms with E-state index in [9.17, 15) is 9.59 Å². The number of hydrogen-bond donors (Lipinski definition) is 0. The molecule has 2 aromatic rings. The predicted molar refractivity (Wildman–Crippen MR) is 87.7 cm³/mol. The number of imide groups is 1. The highest BCUT2D eigenvalue weighted by molar-refractivity contribution is 6.21. The molecule has 0 unspecified atom stereocenters. The third kappa shape index (κ3) is 3.11. The Morgan fingerprint density at radius 3 is 2.30 bits per heavy atom. The lowest BCUT2D eigenvalue weighted by molar-refractivity contribution is 0.0647. The maximum Gasteiger partial charge on any atom is 0.261 e. The van der Waals surface area contributed by atoms with Gasteiger partial charge in [0.25, 0.3) is 11.8 Å². The number of hydrogen-bond acceptors (Lipinski definition) is 3. The molecule has 1 heterocycles. The molecule has 0 N–H and O–H groups in total. The Bertz CT molecular complexity index is 704. The quantitative estimate of drug-likeness (QED) is 0.607. The van der Waals surface area contributed by atoms with E-state index in [4.69, 9.17) is 4.74 Å². The molecule has 0 bridgehead atoms. The molecule has 0 saturated carbocycles. The van der Waals surface area contributed by atoms with Crippen molar-refractivity contribution in [3.63, 3.8) is 0 Å². The van der Waals surface area contributed by atoms with E-state index in [-0.39, 0.29) is 11.8 Å². The molecule has 4 nitrogen and oxygen atoms in total. The van der Waals surface area contributed by atoms with Crippen LogP contribution in [0.1, 0.15) is 39.6 Å². The minimum Gasteiger partial charge on any atom is -0.494 e. The summed E-state index contributed by atoms with van der Waals surface area (Å²) in [6, 6.07) is 14.9. The van der Waals surface area contributed by atoms with Crippen LogP contribution in [-0.4, -0.2) is 29.9 Å². The molecule has 118 valence electrons. The summed E-state index contributed by atoms with van der Waals surface area (Å²) in [6.45, 7) is 2.95. The van der Waals surface area contributed by atoms with Gasteiger partial charge in [0.1, 0.15) is 5.75 Å². The largest absolute Gasteiger partial charge is 0.494 e. The number of carbonyl (C=O) groups is 2. The second-order valence-electron chi connectivity index (χ2n) is 5.51. The normalized spacial score (nSPS) is 13.3. The van der Waals surface area contributed by atoms with E-state index in [1.807, 2.05) is 18.2 Å². The van der Waals surface area contributed by atoms with Crippen molar-refractivity contribution in [2.45, 2.75) is 19.8 Å². The Hall–Kier alpha value is -2.62. The summed E-state index contributed by atoms with van der Waals surface area (Å²) >= 11 is 0. The molecule has 0 saturated heterocycles. The van der Waals surface area contributed by atoms with Crippen molar-refractivity contribution in [1.82, 2.24) is 4.90 Å². The van der Waals surface area contributed by atoms with Crippen molar-refractivity contribution in [2.24, 2.45) is 0 Å². The summed E-state index contributed by atoms with van der Waals surface area (Å²) < 4.78 is 5.71. The fourth-order valence-electron chi connectivity index (χ4n) is 2.71. The van der Waals surface area contributed by atoms with Crippen LogP contribution < -0.4 is 4.74 Å². The highest BCUT2D eigenvalue weighted by Gasteiger charge is 2.34. The topological polar surface area (TPSA) is 46.6 Å². The van der Waals surface area contributed by atoms with Gasteiger partial charge in [-0.25, -0.2) is 0 Å². The van der Waals surface area contributed by atoms with Crippen LogP contribution >= 0.6 is 0 Å². The van der Waals surface area contributed by atoms with E-state index in [0.29, 0.717) is 30.7 Å². The summed E-state index contributed by atoms with van der Waals surface area (Å²) in [5.74, 6) is 0.406. The average Bonchev–Trinajstić information content (AvgIpc) is 2.84. The smallest absolute Gasteiger partial charge is 0.261 e. The first kappa shape index (κ1) is 15.3. The summed E-state index contributed by atoms with van der Waals surface area (Å²) in [6.07, 6.45) is 1.58. The van der Waals surface area contributed by atoms with Crippen LogP contribution in [0.4, 0.5) is 0 Å². The van der Waals surface area contributed by atoms with Crippen LogP contribution in [0, 0.1) is 0 Å². The van der Waals surface area contributed by atoms with Crippen molar-refractivity contribution in [3.05, 3.63) is 65.2 Å². The average molecular weight is 309 g/mol. The fraction of sp³-hybridized carbons (Fsp3) is 0.263. The van der Waals surface area contributed by atoms with Gasteiger partial charge in [0, 0.05) is 6.54 Å². The van der Waals surface area contributed by atoms with Gasteiger partial charge in [-0.2, -0.15) is 0 Å². The molecule has 0 aliphatic carbocycles. The molecule has 1 aliphatic rings. The number of aryl methyl sites for hydroxylation is 1. The van der Waals surface area contributed by atoms with Gasteiger partial charge in [0.2, 0.25) is 0 Å². The van der Waals surface area contributed by atoms with Gasteiger partial charge in [-0.1, -0.05) is 31.2 Å². The van der Waals surface area contributed by atoms with Gasteiger partial charge in [-0.15, -0.1) is 0 Å². The molecular weight excluding hydrogens is 290 g/mol. The van der Waals surface area contributed by atoms with Crippen LogP contribution in [0.2, 0.25) is 0 Å². The minimum atomic E-state index is -0.210. The van der Waals surface area contributed by atoms with Crippen LogP contribution in [0.15, 0.2) is 48.5 Å². The molecule has 4 heteroatoms. The third-order valence-corrected chi connectivity index (χ3v) is 3.98. The Morgan fingerprint density at radius 1 is 0.957 bits per heavy atom. The molecule has 3 rings (SSSR count). The van der Waals surface area contributed by atoms with Gasteiger partial charge in [-0.05, 0) is 42.7 Å². The molecule has 0 aromatic heterocycles. The van der Waals surface area contributed by atoms with Crippen molar-refractivity contribution >= 4 is 11.8 Å². The van der Waals surface area contributed by atoms with E-state index >= 15 is 0 Å². The van der Waals surface area contributed by atoms with Crippen molar-refractivity contribution in [3.8, 4) is 5.75 Å². The number of ether oxygens (including phenoxy) is 1. The second kappa shape index (κ2) is 6.65. The lowest BCUT2D eigenvalue weighted by Crippen LogP contribution is -2.31. The molecule has 0 spiro atoms. The Morgan fingerprint density at radius 2 is 1.65 bits per heavy atom. The van der Waals surface area contributed by atoms with Gasteiger partial charge in [0.15, 0.2) is 0 Å². The van der Waals surface area contributed by atoms with E-state index in [1.165, 1.54) is 10.5 Å². The summed E-state index contributed by atoms with van der Waals surface area (Å²) in [7, 11) is 0. The van der Waals surface area contributed by atoms with Gasteiger partial charge >= 0.3 is 0 Å². The minimum absolute atomic E-state index is 0.210. The first-order valence-corrected chi connectivity index (χ1v) is 7.87. The molecule has 2 amide bonds. The van der Waals surface area contributed by atoms with E-state index in [2.05, 4.69) is 13.0 Å². The number of nitrogens with zero attached hydrogens (tertiary/aromatic N) is 1. The maximum absolute atomic E-state index is 12.2. The lowest BCUT2D eigenvalue weighted by Gasteiger charge is -2.14. The zero-order chi connectivity index (χ0) is 16.2. The monoisotopic (exact) mass is 309 g/mol. The molecule has 2 aromatic carbocycles. The van der Waals surface area contributed by atoms with Crippen LogP contribution in [0.3, 0.4) is 0 Å².